The van der Waals surface area contributed by atoms with E-state index in [0.29, 0.717) is 0 Å². The Labute approximate surface area is 80.0 Å². The smallest absolute Gasteiger partial charge is 0.250 e. The molecule has 1 atom stereocenters. The van der Waals surface area contributed by atoms with Crippen LogP contribution < -0.4 is 22.5 Å². The second-order valence-corrected chi connectivity index (χ2v) is 2.46. The van der Waals surface area contributed by atoms with Gasteiger partial charge in [0.05, 0.1) is 0 Å². The minimum absolute atomic E-state index is 0.309. The molecule has 14 heavy (non-hydrogen) atoms. The molecule has 0 aromatic rings. The fourth-order valence-electron chi connectivity index (χ4n) is 0.638. The van der Waals surface area contributed by atoms with E-state index in [4.69, 9.17) is 22.6 Å². The number of hydrogen-bond acceptors (Lipinski definition) is 4. The number of amidine groups is 1. The molecular formula is C6H12N6O2. The number of carbonyl (C=O) groups excluding carboxylic acids is 2. The number of hydrogen-bond donors (Lipinski definition) is 5. The third kappa shape index (κ3) is 4.04. The summed E-state index contributed by atoms with van der Waals surface area (Å²) in [4.78, 5) is 24.6. The molecule has 0 fully saturated rings. The molecule has 0 bridgehead atoms. The highest BCUT2D eigenvalue weighted by atomic mass is 16.2. The van der Waals surface area contributed by atoms with Gasteiger partial charge in [-0.05, 0) is 0 Å². The first-order valence-corrected chi connectivity index (χ1v) is 3.58. The molecule has 1 unspecified atom stereocenters. The summed E-state index contributed by atoms with van der Waals surface area (Å²) in [6.07, 6.45) is 0. The minimum atomic E-state index is -1.35. The van der Waals surface area contributed by atoms with Crippen LogP contribution in [0.2, 0.25) is 0 Å². The Kier molecular flexibility index (Phi) is 4.07. The monoisotopic (exact) mass is 200 g/mol. The molecular weight excluding hydrogens is 188 g/mol. The molecule has 0 spiro atoms. The van der Waals surface area contributed by atoms with Crippen LogP contribution in [0.1, 0.15) is 6.92 Å². The second-order valence-electron chi connectivity index (χ2n) is 2.46. The first-order chi connectivity index (χ1) is 6.34. The summed E-state index contributed by atoms with van der Waals surface area (Å²) in [5.74, 6) is -2.20. The Morgan fingerprint density at radius 1 is 1.36 bits per heavy atom. The summed E-state index contributed by atoms with van der Waals surface area (Å²) in [5.41, 5.74) is 15.1. The van der Waals surface area contributed by atoms with E-state index in [2.05, 4.69) is 10.3 Å². The van der Waals surface area contributed by atoms with E-state index >= 15 is 0 Å². The van der Waals surface area contributed by atoms with Crippen molar-refractivity contribution < 1.29 is 9.59 Å². The van der Waals surface area contributed by atoms with Gasteiger partial charge in [-0.2, -0.15) is 0 Å². The molecule has 0 aromatic heterocycles. The first-order valence-electron chi connectivity index (χ1n) is 3.58. The molecule has 78 valence electrons. The minimum Gasteiger partial charge on any atom is -0.385 e. The van der Waals surface area contributed by atoms with Gasteiger partial charge in [-0.3, -0.25) is 20.3 Å². The van der Waals surface area contributed by atoms with Crippen LogP contribution in [0.25, 0.3) is 0 Å². The zero-order valence-electron chi connectivity index (χ0n) is 7.57. The van der Waals surface area contributed by atoms with Crippen LogP contribution in [0.3, 0.4) is 0 Å². The SMILES string of the molecule is CC(=O)NC(N)=NC(C(=N)N)C(N)=O. The molecule has 0 aromatic carbocycles. The molecule has 8 N–H and O–H groups in total. The number of nitrogens with one attached hydrogen (secondary N) is 2. The Hall–Kier alpha value is -2.12. The number of nitrogens with two attached hydrogens (primary N) is 3. The van der Waals surface area contributed by atoms with Crippen molar-refractivity contribution in [3.8, 4) is 0 Å². The van der Waals surface area contributed by atoms with E-state index in [9.17, 15) is 9.59 Å². The van der Waals surface area contributed by atoms with Crippen LogP contribution in [0.5, 0.6) is 0 Å². The average molecular weight is 200 g/mol. The van der Waals surface area contributed by atoms with Gasteiger partial charge in [0.15, 0.2) is 12.0 Å². The van der Waals surface area contributed by atoms with Gasteiger partial charge in [0, 0.05) is 6.92 Å². The van der Waals surface area contributed by atoms with Crippen molar-refractivity contribution in [2.45, 2.75) is 13.0 Å². The van der Waals surface area contributed by atoms with Crippen molar-refractivity contribution >= 4 is 23.6 Å². The van der Waals surface area contributed by atoms with E-state index in [-0.39, 0.29) is 5.96 Å². The third-order valence-electron chi connectivity index (χ3n) is 1.14. The standard InChI is InChI=1S/C6H12N6O2/c1-2(13)11-6(10)12-3(4(7)8)5(9)14/h3H,1H3,(H3,7,8)(H2,9,14)(H3,10,11,12,13). The summed E-state index contributed by atoms with van der Waals surface area (Å²) in [6.45, 7) is 1.22. The van der Waals surface area contributed by atoms with E-state index in [1.165, 1.54) is 6.92 Å². The molecule has 0 aliphatic carbocycles. The normalized spacial score (nSPS) is 13.1. The molecule has 0 rings (SSSR count). The summed E-state index contributed by atoms with van der Waals surface area (Å²) < 4.78 is 0. The van der Waals surface area contributed by atoms with Crippen molar-refractivity contribution in [3.63, 3.8) is 0 Å². The Morgan fingerprint density at radius 3 is 2.14 bits per heavy atom. The molecule has 0 saturated heterocycles. The molecule has 0 heterocycles. The third-order valence-corrected chi connectivity index (χ3v) is 1.14. The Morgan fingerprint density at radius 2 is 1.86 bits per heavy atom. The first kappa shape index (κ1) is 11.9. The van der Waals surface area contributed by atoms with Gasteiger partial charge in [-0.15, -0.1) is 0 Å². The largest absolute Gasteiger partial charge is 0.385 e. The van der Waals surface area contributed by atoms with Crippen LogP contribution in [0.15, 0.2) is 4.99 Å². The molecule has 2 amide bonds. The average Bonchev–Trinajstić information content (AvgIpc) is 1.97. The lowest BCUT2D eigenvalue weighted by Crippen LogP contribution is -2.43. The number of rotatable bonds is 3. The summed E-state index contributed by atoms with van der Waals surface area (Å²) in [6, 6.07) is -1.35. The zero-order valence-corrected chi connectivity index (χ0v) is 7.57. The molecule has 8 nitrogen and oxygen atoms in total. The number of amides is 2. The maximum Gasteiger partial charge on any atom is 0.250 e. The summed E-state index contributed by atoms with van der Waals surface area (Å²) in [7, 11) is 0. The molecule has 0 saturated carbocycles. The van der Waals surface area contributed by atoms with E-state index in [1.807, 2.05) is 0 Å². The summed E-state index contributed by atoms with van der Waals surface area (Å²) >= 11 is 0. The van der Waals surface area contributed by atoms with Crippen molar-refractivity contribution in [2.75, 3.05) is 0 Å². The topological polar surface area (TPSA) is 160 Å². The predicted molar refractivity (Wildman–Crippen MR) is 50.3 cm³/mol. The van der Waals surface area contributed by atoms with Gasteiger partial charge in [0.1, 0.15) is 5.84 Å². The summed E-state index contributed by atoms with van der Waals surface area (Å²) in [5, 5.41) is 9.07. The van der Waals surface area contributed by atoms with Gasteiger partial charge in [0.25, 0.3) is 0 Å². The van der Waals surface area contributed by atoms with Crippen molar-refractivity contribution in [1.82, 2.24) is 5.32 Å². The number of guanidine groups is 1. The van der Waals surface area contributed by atoms with E-state index < -0.39 is 23.7 Å². The predicted octanol–water partition coefficient (Wildman–Crippen LogP) is -2.77. The fraction of sp³-hybridized carbons (Fsp3) is 0.333. The molecule has 0 aliphatic heterocycles. The van der Waals surface area contributed by atoms with E-state index in [1.54, 1.807) is 0 Å². The lowest BCUT2D eigenvalue weighted by molar-refractivity contribution is -0.118. The van der Waals surface area contributed by atoms with Gasteiger partial charge >= 0.3 is 0 Å². The number of carbonyl (C=O) groups is 2. The highest BCUT2D eigenvalue weighted by molar-refractivity contribution is 6.07. The molecule has 0 radical (unpaired) electrons. The number of primary amides is 1. The van der Waals surface area contributed by atoms with Crippen LogP contribution >= 0.6 is 0 Å². The van der Waals surface area contributed by atoms with Gasteiger partial charge in [-0.25, -0.2) is 4.99 Å². The Balaban J connectivity index is 4.64. The zero-order chi connectivity index (χ0) is 11.3. The van der Waals surface area contributed by atoms with Gasteiger partial charge in [-0.1, -0.05) is 0 Å². The second kappa shape index (κ2) is 4.80. The van der Waals surface area contributed by atoms with Crippen LogP contribution in [0.4, 0.5) is 0 Å². The van der Waals surface area contributed by atoms with Crippen LogP contribution in [0, 0.1) is 5.41 Å². The highest BCUT2D eigenvalue weighted by Gasteiger charge is 2.17. The quantitative estimate of drug-likeness (QED) is 0.246. The lowest BCUT2D eigenvalue weighted by Gasteiger charge is -2.07. The molecule has 8 heteroatoms. The van der Waals surface area contributed by atoms with Gasteiger partial charge < -0.3 is 17.2 Å². The Bertz CT molecular complexity index is 283. The lowest BCUT2D eigenvalue weighted by atomic mass is 10.3. The van der Waals surface area contributed by atoms with Crippen molar-refractivity contribution in [1.29, 1.82) is 5.41 Å². The van der Waals surface area contributed by atoms with E-state index in [0.717, 1.165) is 0 Å². The van der Waals surface area contributed by atoms with Crippen molar-refractivity contribution in [3.05, 3.63) is 0 Å². The maximum absolute atomic E-state index is 10.7. The number of nitrogens with zero attached hydrogens (tertiary/aromatic N) is 1. The maximum atomic E-state index is 10.7. The van der Waals surface area contributed by atoms with Gasteiger partial charge in [0.2, 0.25) is 11.8 Å². The highest BCUT2D eigenvalue weighted by Crippen LogP contribution is 1.88. The molecule has 0 aliphatic rings. The fourth-order valence-corrected chi connectivity index (χ4v) is 0.638. The number of aliphatic imine (C=N–C) groups is 1. The van der Waals surface area contributed by atoms with Crippen LogP contribution in [-0.2, 0) is 9.59 Å². The van der Waals surface area contributed by atoms with Crippen LogP contribution in [-0.4, -0.2) is 29.7 Å². The van der Waals surface area contributed by atoms with Crippen molar-refractivity contribution in [2.24, 2.45) is 22.2 Å².